The molecule has 0 saturated carbocycles. The van der Waals surface area contributed by atoms with Crippen LogP contribution >= 0.6 is 0 Å². The zero-order chi connectivity index (χ0) is 22.1. The molecule has 0 amide bonds. The van der Waals surface area contributed by atoms with Crippen molar-refractivity contribution >= 4 is 44.0 Å². The van der Waals surface area contributed by atoms with Crippen LogP contribution in [0, 0.1) is 11.6 Å². The van der Waals surface area contributed by atoms with Gasteiger partial charge in [0.25, 0.3) is 0 Å². The van der Waals surface area contributed by atoms with Crippen LogP contribution in [0.25, 0.3) is 55.4 Å². The maximum atomic E-state index is 13.7. The number of para-hydroxylation sites is 2. The van der Waals surface area contributed by atoms with Crippen molar-refractivity contribution in [3.8, 4) is 11.4 Å². The Morgan fingerprint density at radius 3 is 1.30 bits per heavy atom. The third kappa shape index (κ3) is 2.47. The first-order chi connectivity index (χ1) is 16.2. The fourth-order valence-corrected chi connectivity index (χ4v) is 4.87. The molecule has 0 spiro atoms. The molecule has 5 heteroatoms. The van der Waals surface area contributed by atoms with Crippen LogP contribution in [0.15, 0.2) is 101 Å². The normalized spacial score (nSPS) is 11.9. The molecule has 4 aromatic carbocycles. The number of benzene rings is 4. The average molecular weight is 434 g/mol. The summed E-state index contributed by atoms with van der Waals surface area (Å²) in [4.78, 5) is 0. The average Bonchev–Trinajstić information content (AvgIpc) is 3.47. The number of furan rings is 1. The minimum absolute atomic E-state index is 0.288. The highest BCUT2D eigenvalue weighted by molar-refractivity contribution is 6.21. The zero-order valence-corrected chi connectivity index (χ0v) is 17.3. The molecule has 3 aromatic heterocycles. The standard InChI is InChI=1S/C28H16F2N2O/c29-17-9-13-19(14-10-17)31-23-7-3-1-5-21(23)27-25(31)26-28(33-27)22-6-2-4-8-24(22)32(26)20-15-11-18(30)12-16-20/h1-16H. The minimum atomic E-state index is -0.288. The molecule has 0 radical (unpaired) electrons. The van der Waals surface area contributed by atoms with E-state index in [1.54, 1.807) is 24.3 Å². The summed E-state index contributed by atoms with van der Waals surface area (Å²) < 4.78 is 38.2. The molecular weight excluding hydrogens is 418 g/mol. The molecule has 3 nitrogen and oxygen atoms in total. The van der Waals surface area contributed by atoms with Crippen molar-refractivity contribution in [2.45, 2.75) is 0 Å². The number of hydrogen-bond donors (Lipinski definition) is 0. The molecule has 0 saturated heterocycles. The molecule has 0 atom stereocenters. The van der Waals surface area contributed by atoms with E-state index in [-0.39, 0.29) is 11.6 Å². The summed E-state index contributed by atoms with van der Waals surface area (Å²) in [7, 11) is 0. The second-order valence-electron chi connectivity index (χ2n) is 8.12. The monoisotopic (exact) mass is 434 g/mol. The van der Waals surface area contributed by atoms with Gasteiger partial charge in [0.15, 0.2) is 11.2 Å². The van der Waals surface area contributed by atoms with Gasteiger partial charge in [0.1, 0.15) is 22.7 Å². The Morgan fingerprint density at radius 1 is 0.485 bits per heavy atom. The predicted molar refractivity (Wildman–Crippen MR) is 127 cm³/mol. The van der Waals surface area contributed by atoms with Gasteiger partial charge in [-0.15, -0.1) is 0 Å². The van der Waals surface area contributed by atoms with Gasteiger partial charge in [0.05, 0.1) is 11.0 Å². The molecule has 0 unspecified atom stereocenters. The summed E-state index contributed by atoms with van der Waals surface area (Å²) in [6.07, 6.45) is 0. The summed E-state index contributed by atoms with van der Waals surface area (Å²) in [5.74, 6) is -0.576. The molecule has 33 heavy (non-hydrogen) atoms. The van der Waals surface area contributed by atoms with E-state index in [2.05, 4.69) is 9.13 Å². The highest BCUT2D eigenvalue weighted by Gasteiger charge is 2.25. The Kier molecular flexibility index (Phi) is 3.62. The van der Waals surface area contributed by atoms with E-state index in [0.717, 1.165) is 55.4 Å². The molecular formula is C28H16F2N2O. The van der Waals surface area contributed by atoms with E-state index in [9.17, 15) is 8.78 Å². The Labute approximate surface area is 186 Å². The van der Waals surface area contributed by atoms with Crippen LogP contribution in [-0.4, -0.2) is 9.13 Å². The van der Waals surface area contributed by atoms with Crippen LogP contribution in [-0.2, 0) is 0 Å². The van der Waals surface area contributed by atoms with Gasteiger partial charge < -0.3 is 13.6 Å². The first-order valence-electron chi connectivity index (χ1n) is 10.7. The van der Waals surface area contributed by atoms with Crippen LogP contribution in [0.2, 0.25) is 0 Å². The lowest BCUT2D eigenvalue weighted by Gasteiger charge is -2.10. The van der Waals surface area contributed by atoms with E-state index in [1.807, 2.05) is 48.5 Å². The molecule has 0 fully saturated rings. The van der Waals surface area contributed by atoms with Crippen LogP contribution in [0.5, 0.6) is 0 Å². The molecule has 7 aromatic rings. The third-order valence-corrected chi connectivity index (χ3v) is 6.25. The molecule has 0 aliphatic carbocycles. The largest absolute Gasteiger partial charge is 0.451 e. The number of halogens is 2. The summed E-state index contributed by atoms with van der Waals surface area (Å²) in [5, 5.41) is 1.95. The highest BCUT2D eigenvalue weighted by Crippen LogP contribution is 2.43. The molecule has 7 rings (SSSR count). The van der Waals surface area contributed by atoms with Crippen LogP contribution in [0.4, 0.5) is 8.78 Å². The van der Waals surface area contributed by atoms with Crippen molar-refractivity contribution in [2.75, 3.05) is 0 Å². The lowest BCUT2D eigenvalue weighted by molar-refractivity contribution is 0.627. The molecule has 158 valence electrons. The maximum absolute atomic E-state index is 13.7. The van der Waals surface area contributed by atoms with Gasteiger partial charge in [-0.25, -0.2) is 8.78 Å². The van der Waals surface area contributed by atoms with E-state index in [0.29, 0.717) is 0 Å². The van der Waals surface area contributed by atoms with Crippen LogP contribution in [0.1, 0.15) is 0 Å². The van der Waals surface area contributed by atoms with Gasteiger partial charge in [0.2, 0.25) is 0 Å². The van der Waals surface area contributed by atoms with E-state index >= 15 is 0 Å². The smallest absolute Gasteiger partial charge is 0.163 e. The topological polar surface area (TPSA) is 23.0 Å². The SMILES string of the molecule is Fc1ccc(-n2c3ccccc3c3oc4c5ccccc5n(-c5ccc(F)cc5)c4c32)cc1. The zero-order valence-electron chi connectivity index (χ0n) is 17.3. The van der Waals surface area contributed by atoms with Crippen molar-refractivity contribution in [1.29, 1.82) is 0 Å². The van der Waals surface area contributed by atoms with Crippen molar-refractivity contribution in [2.24, 2.45) is 0 Å². The number of nitrogens with zero attached hydrogens (tertiary/aromatic N) is 2. The van der Waals surface area contributed by atoms with E-state index < -0.39 is 0 Å². The predicted octanol–water partition coefficient (Wildman–Crippen LogP) is 7.75. The van der Waals surface area contributed by atoms with Gasteiger partial charge >= 0.3 is 0 Å². The molecule has 3 heterocycles. The number of rotatable bonds is 2. The summed E-state index contributed by atoms with van der Waals surface area (Å²) in [5.41, 5.74) is 6.91. The van der Waals surface area contributed by atoms with E-state index in [4.69, 9.17) is 4.42 Å². The summed E-state index contributed by atoms with van der Waals surface area (Å²) in [6.45, 7) is 0. The fourth-order valence-electron chi connectivity index (χ4n) is 4.87. The first kappa shape index (κ1) is 18.2. The van der Waals surface area contributed by atoms with E-state index in [1.165, 1.54) is 24.3 Å². The second-order valence-corrected chi connectivity index (χ2v) is 8.12. The quantitative estimate of drug-likeness (QED) is 0.273. The Balaban J connectivity index is 1.74. The Hall–Kier alpha value is -4.38. The van der Waals surface area contributed by atoms with Gasteiger partial charge in [-0.1, -0.05) is 24.3 Å². The van der Waals surface area contributed by atoms with Crippen LogP contribution < -0.4 is 0 Å². The summed E-state index contributed by atoms with van der Waals surface area (Å²) in [6, 6.07) is 29.0. The lowest BCUT2D eigenvalue weighted by Crippen LogP contribution is -1.97. The van der Waals surface area contributed by atoms with Crippen molar-refractivity contribution in [1.82, 2.24) is 9.13 Å². The third-order valence-electron chi connectivity index (χ3n) is 6.25. The molecule has 0 aliphatic heterocycles. The number of fused-ring (bicyclic) bond motifs is 7. The van der Waals surface area contributed by atoms with Gasteiger partial charge in [-0.3, -0.25) is 0 Å². The van der Waals surface area contributed by atoms with Crippen LogP contribution in [0.3, 0.4) is 0 Å². The Bertz CT molecular complexity index is 1690. The Morgan fingerprint density at radius 2 is 0.879 bits per heavy atom. The highest BCUT2D eigenvalue weighted by atomic mass is 19.1. The van der Waals surface area contributed by atoms with Gasteiger partial charge in [-0.2, -0.15) is 0 Å². The lowest BCUT2D eigenvalue weighted by atomic mass is 10.2. The van der Waals surface area contributed by atoms with Gasteiger partial charge in [0, 0.05) is 22.1 Å². The molecule has 0 bridgehead atoms. The number of hydrogen-bond acceptors (Lipinski definition) is 1. The van der Waals surface area contributed by atoms with Crippen molar-refractivity contribution in [3.05, 3.63) is 109 Å². The maximum Gasteiger partial charge on any atom is 0.163 e. The minimum Gasteiger partial charge on any atom is -0.451 e. The summed E-state index contributed by atoms with van der Waals surface area (Å²) >= 11 is 0. The van der Waals surface area contributed by atoms with Crippen molar-refractivity contribution in [3.63, 3.8) is 0 Å². The fraction of sp³-hybridized carbons (Fsp3) is 0. The molecule has 0 N–H and O–H groups in total. The number of aromatic nitrogens is 2. The van der Waals surface area contributed by atoms with Crippen molar-refractivity contribution < 1.29 is 13.2 Å². The van der Waals surface area contributed by atoms with Gasteiger partial charge in [-0.05, 0) is 72.8 Å². The first-order valence-corrected chi connectivity index (χ1v) is 10.7. The second kappa shape index (κ2) is 6.56. The molecule has 0 aliphatic rings.